The summed E-state index contributed by atoms with van der Waals surface area (Å²) in [6.45, 7) is 0. The van der Waals surface area contributed by atoms with Gasteiger partial charge < -0.3 is 5.11 Å². The molecule has 120 valence electrons. The van der Waals surface area contributed by atoms with E-state index in [2.05, 4.69) is 0 Å². The van der Waals surface area contributed by atoms with Crippen molar-refractivity contribution in [1.82, 2.24) is 0 Å². The number of rotatable bonds is 2. The molecule has 0 spiro atoms. The minimum atomic E-state index is -5.42. The highest BCUT2D eigenvalue weighted by Crippen LogP contribution is 2.63. The van der Waals surface area contributed by atoms with Gasteiger partial charge in [0.15, 0.2) is 0 Å². The number of hydrogen-bond donors (Lipinski definition) is 1. The topological polar surface area (TPSA) is 37.3 Å². The molecule has 22 heavy (non-hydrogen) atoms. The summed E-state index contributed by atoms with van der Waals surface area (Å²) in [4.78, 5) is 11.1. The van der Waals surface area contributed by atoms with E-state index in [0.29, 0.717) is 6.08 Å². The summed E-state index contributed by atoms with van der Waals surface area (Å²) in [5.74, 6) is -2.05. The molecule has 0 amide bonds. The normalized spacial score (nSPS) is 22.0. The van der Waals surface area contributed by atoms with Gasteiger partial charge in [0.25, 0.3) is 0 Å². The van der Waals surface area contributed by atoms with Crippen LogP contribution in [0, 0.1) is 0 Å². The second-order valence-corrected chi connectivity index (χ2v) is 6.96. The van der Waals surface area contributed by atoms with Gasteiger partial charge in [0.1, 0.15) is 0 Å². The monoisotopic (exact) mass is 360 g/mol. The molecule has 1 aromatic rings. The number of aliphatic carboxylic acids is 1. The van der Waals surface area contributed by atoms with E-state index in [1.54, 1.807) is 0 Å². The summed E-state index contributed by atoms with van der Waals surface area (Å²) >= 11 is -1.54. The van der Waals surface area contributed by atoms with Gasteiger partial charge in [-0.2, -0.15) is 26.3 Å². The van der Waals surface area contributed by atoms with Crippen LogP contribution in [-0.2, 0) is 4.79 Å². The Labute approximate surface area is 128 Å². The molecule has 2 nitrogen and oxygen atoms in total. The molecule has 0 saturated carbocycles. The number of alkyl halides is 6. The lowest BCUT2D eigenvalue weighted by molar-refractivity contribution is -0.145. The number of carbonyl (C=O) groups is 1. The van der Waals surface area contributed by atoms with Crippen LogP contribution >= 0.6 is 23.5 Å². The largest absolute Gasteiger partial charge is 0.478 e. The molecule has 1 heterocycles. The summed E-state index contributed by atoms with van der Waals surface area (Å²) in [5.41, 5.74) is -6.48. The molecule has 1 aliphatic heterocycles. The Balaban J connectivity index is 2.69. The van der Waals surface area contributed by atoms with Crippen LogP contribution in [0.25, 0.3) is 6.08 Å². The SMILES string of the molecule is O=C(O)C1=Cc2ccccc2SC1(SC(F)(F)F)C(F)(F)F. The fourth-order valence-electron chi connectivity index (χ4n) is 1.86. The molecule has 10 heteroatoms. The molecule has 0 aromatic heterocycles. The smallest absolute Gasteiger partial charge is 0.443 e. The van der Waals surface area contributed by atoms with Gasteiger partial charge in [-0.25, -0.2) is 4.79 Å². The van der Waals surface area contributed by atoms with Crippen LogP contribution in [0.3, 0.4) is 0 Å². The number of halogens is 6. The van der Waals surface area contributed by atoms with E-state index in [-0.39, 0.29) is 22.2 Å². The Hall–Kier alpha value is -1.29. The van der Waals surface area contributed by atoms with Crippen LogP contribution in [0.4, 0.5) is 26.3 Å². The number of carboxylic acids is 1. The third-order valence-electron chi connectivity index (χ3n) is 2.69. The zero-order chi connectivity index (χ0) is 16.8. The van der Waals surface area contributed by atoms with Crippen molar-refractivity contribution in [3.8, 4) is 0 Å². The van der Waals surface area contributed by atoms with Crippen LogP contribution in [-0.4, -0.2) is 26.8 Å². The third-order valence-corrected chi connectivity index (χ3v) is 5.49. The third kappa shape index (κ3) is 3.07. The molecule has 1 atom stereocenters. The summed E-state index contributed by atoms with van der Waals surface area (Å²) in [5, 5.41) is 9.00. The Morgan fingerprint density at radius 2 is 1.73 bits per heavy atom. The van der Waals surface area contributed by atoms with E-state index in [1.807, 2.05) is 0 Å². The van der Waals surface area contributed by atoms with E-state index >= 15 is 0 Å². The van der Waals surface area contributed by atoms with Gasteiger partial charge >= 0.3 is 17.7 Å². The minimum Gasteiger partial charge on any atom is -0.478 e. The Morgan fingerprint density at radius 1 is 1.14 bits per heavy atom. The van der Waals surface area contributed by atoms with Crippen molar-refractivity contribution in [2.45, 2.75) is 20.7 Å². The van der Waals surface area contributed by atoms with E-state index in [4.69, 9.17) is 5.11 Å². The van der Waals surface area contributed by atoms with Crippen LogP contribution in [0.5, 0.6) is 0 Å². The lowest BCUT2D eigenvalue weighted by atomic mass is 10.1. The molecule has 1 unspecified atom stereocenters. The minimum absolute atomic E-state index is 0.0680. The zero-order valence-electron chi connectivity index (χ0n) is 10.3. The zero-order valence-corrected chi connectivity index (χ0v) is 12.0. The number of fused-ring (bicyclic) bond motifs is 1. The maximum Gasteiger partial charge on any atom is 0.443 e. The van der Waals surface area contributed by atoms with Gasteiger partial charge in [0.2, 0.25) is 4.08 Å². The van der Waals surface area contributed by atoms with Gasteiger partial charge in [-0.1, -0.05) is 30.0 Å². The molecule has 0 fully saturated rings. The number of carboxylic acid groups (broad SMARTS) is 1. The molecule has 0 radical (unpaired) electrons. The standard InChI is InChI=1S/C12H6F6O2S2/c13-11(14,15)10(22-12(16,17)18)7(9(19)20)5-6-3-1-2-4-8(6)21-10/h1-5H,(H,19,20). The second-order valence-electron chi connectivity index (χ2n) is 4.17. The molecule has 0 bridgehead atoms. The van der Waals surface area contributed by atoms with Crippen LogP contribution in [0.1, 0.15) is 5.56 Å². The highest BCUT2D eigenvalue weighted by molar-refractivity contribution is 8.19. The molecule has 0 saturated heterocycles. The molecule has 1 N–H and O–H groups in total. The van der Waals surface area contributed by atoms with Crippen molar-refractivity contribution < 1.29 is 36.2 Å². The van der Waals surface area contributed by atoms with Gasteiger partial charge in [0.05, 0.1) is 5.57 Å². The van der Waals surface area contributed by atoms with Gasteiger partial charge in [0, 0.05) is 4.90 Å². The second kappa shape index (κ2) is 5.41. The Morgan fingerprint density at radius 3 is 2.23 bits per heavy atom. The first kappa shape index (κ1) is 17.1. The quantitative estimate of drug-likeness (QED) is 0.771. The molecule has 1 aliphatic rings. The lowest BCUT2D eigenvalue weighted by Crippen LogP contribution is -2.46. The van der Waals surface area contributed by atoms with Gasteiger partial charge in [-0.05, 0) is 29.5 Å². The summed E-state index contributed by atoms with van der Waals surface area (Å²) in [6, 6.07) is 5.37. The number of hydrogen-bond acceptors (Lipinski definition) is 3. The molecular weight excluding hydrogens is 354 g/mol. The fraction of sp³-hybridized carbons (Fsp3) is 0.250. The van der Waals surface area contributed by atoms with Crippen molar-refractivity contribution in [3.05, 3.63) is 35.4 Å². The Bertz CT molecular complexity index is 637. The average Bonchev–Trinajstić information content (AvgIpc) is 2.34. The Kier molecular flexibility index (Phi) is 4.20. The highest BCUT2D eigenvalue weighted by Gasteiger charge is 2.66. The van der Waals surface area contributed by atoms with E-state index < -0.39 is 39.1 Å². The summed E-state index contributed by atoms with van der Waals surface area (Å²) in [6.07, 6.45) is -4.78. The van der Waals surface area contributed by atoms with Crippen molar-refractivity contribution in [3.63, 3.8) is 0 Å². The molecular formula is C12H6F6O2S2. The summed E-state index contributed by atoms with van der Waals surface area (Å²) in [7, 11) is 0. The lowest BCUT2D eigenvalue weighted by Gasteiger charge is -2.37. The number of thioether (sulfide) groups is 2. The first-order valence-electron chi connectivity index (χ1n) is 5.53. The van der Waals surface area contributed by atoms with Crippen LogP contribution in [0.15, 0.2) is 34.7 Å². The maximum atomic E-state index is 13.4. The van der Waals surface area contributed by atoms with Crippen molar-refractivity contribution in [2.75, 3.05) is 0 Å². The predicted octanol–water partition coefficient (Wildman–Crippen LogP) is 4.77. The van der Waals surface area contributed by atoms with Gasteiger partial charge in [-0.15, -0.1) is 0 Å². The molecule has 0 aliphatic carbocycles. The first-order valence-corrected chi connectivity index (χ1v) is 7.17. The van der Waals surface area contributed by atoms with Crippen LogP contribution < -0.4 is 0 Å². The first-order chi connectivity index (χ1) is 9.96. The molecule has 2 rings (SSSR count). The van der Waals surface area contributed by atoms with E-state index in [1.165, 1.54) is 24.3 Å². The molecule has 1 aromatic carbocycles. The summed E-state index contributed by atoms with van der Waals surface area (Å²) < 4.78 is 74.5. The van der Waals surface area contributed by atoms with Crippen molar-refractivity contribution >= 4 is 35.6 Å². The maximum absolute atomic E-state index is 13.4. The van der Waals surface area contributed by atoms with Crippen LogP contribution in [0.2, 0.25) is 0 Å². The van der Waals surface area contributed by atoms with Gasteiger partial charge in [-0.3, -0.25) is 0 Å². The average molecular weight is 360 g/mol. The fourth-order valence-corrected chi connectivity index (χ4v) is 4.35. The van der Waals surface area contributed by atoms with E-state index in [9.17, 15) is 31.1 Å². The number of benzene rings is 1. The van der Waals surface area contributed by atoms with Crippen molar-refractivity contribution in [2.24, 2.45) is 0 Å². The predicted molar refractivity (Wildman–Crippen MR) is 70.3 cm³/mol. The van der Waals surface area contributed by atoms with E-state index in [0.717, 1.165) is 0 Å². The highest BCUT2D eigenvalue weighted by atomic mass is 32.2. The van der Waals surface area contributed by atoms with Crippen molar-refractivity contribution in [1.29, 1.82) is 0 Å².